The summed E-state index contributed by atoms with van der Waals surface area (Å²) in [6.07, 6.45) is 2.69. The maximum Gasteiger partial charge on any atom is 0.242 e. The first kappa shape index (κ1) is 13.3. The molecule has 0 aromatic heterocycles. The van der Waals surface area contributed by atoms with Gasteiger partial charge in [0.15, 0.2) is 0 Å². The molecule has 1 aromatic carbocycles. The van der Waals surface area contributed by atoms with Crippen LogP contribution < -0.4 is 4.72 Å². The fourth-order valence-electron chi connectivity index (χ4n) is 1.98. The number of benzene rings is 1. The lowest BCUT2D eigenvalue weighted by Gasteiger charge is -2.38. The third-order valence-electron chi connectivity index (χ3n) is 3.19. The zero-order chi connectivity index (χ0) is 13.4. The lowest BCUT2D eigenvalue weighted by molar-refractivity contribution is 0.248. The van der Waals surface area contributed by atoms with Crippen molar-refractivity contribution in [2.75, 3.05) is 0 Å². The van der Waals surface area contributed by atoms with Crippen LogP contribution in [0.4, 0.5) is 0 Å². The summed E-state index contributed by atoms with van der Waals surface area (Å²) in [6.45, 7) is 1.88. The predicted molar refractivity (Wildman–Crippen MR) is 68.7 cm³/mol. The number of rotatable bonds is 3. The van der Waals surface area contributed by atoms with E-state index in [1.807, 2.05) is 13.0 Å². The highest BCUT2D eigenvalue weighted by molar-refractivity contribution is 7.89. The van der Waals surface area contributed by atoms with Crippen LogP contribution in [0.1, 0.15) is 31.7 Å². The van der Waals surface area contributed by atoms with Gasteiger partial charge in [-0.3, -0.25) is 0 Å². The number of halogens is 1. The Balaban J connectivity index is 2.33. The molecule has 0 atom stereocenters. The van der Waals surface area contributed by atoms with Crippen LogP contribution in [0.25, 0.3) is 0 Å². The molecule has 0 aliphatic heterocycles. The topological polar surface area (TPSA) is 70.0 Å². The molecular weight excluding hydrogens is 272 g/mol. The highest BCUT2D eigenvalue weighted by Gasteiger charge is 2.36. The summed E-state index contributed by atoms with van der Waals surface area (Å²) in [7, 11) is -3.63. The van der Waals surface area contributed by atoms with Crippen molar-refractivity contribution in [2.45, 2.75) is 36.6 Å². The molecule has 0 spiro atoms. The van der Waals surface area contributed by atoms with Crippen LogP contribution in [0.3, 0.4) is 0 Å². The molecule has 0 saturated heterocycles. The molecule has 1 aromatic rings. The van der Waals surface area contributed by atoms with Gasteiger partial charge in [-0.25, -0.2) is 13.1 Å². The largest absolute Gasteiger partial charge is 0.242 e. The van der Waals surface area contributed by atoms with Gasteiger partial charge in [-0.15, -0.1) is 0 Å². The zero-order valence-electron chi connectivity index (χ0n) is 9.90. The summed E-state index contributed by atoms with van der Waals surface area (Å²) >= 11 is 5.91. The molecule has 0 unspecified atom stereocenters. The van der Waals surface area contributed by atoms with Crippen molar-refractivity contribution in [3.05, 3.63) is 28.8 Å². The van der Waals surface area contributed by atoms with Gasteiger partial charge in [-0.1, -0.05) is 11.6 Å². The Morgan fingerprint density at radius 2 is 2.11 bits per heavy atom. The second-order valence-electron chi connectivity index (χ2n) is 4.78. The second kappa shape index (κ2) is 4.54. The van der Waals surface area contributed by atoms with Crippen LogP contribution >= 0.6 is 11.6 Å². The van der Waals surface area contributed by atoms with Crippen LogP contribution in [-0.4, -0.2) is 14.0 Å². The van der Waals surface area contributed by atoms with E-state index < -0.39 is 10.0 Å². The van der Waals surface area contributed by atoms with Crippen molar-refractivity contribution in [1.29, 1.82) is 5.26 Å². The SMILES string of the molecule is CC1(NS(=O)(=O)c2ccc(C#N)cc2Cl)CCC1. The van der Waals surface area contributed by atoms with E-state index in [1.54, 1.807) is 0 Å². The Hall–Kier alpha value is -1.09. The van der Waals surface area contributed by atoms with Gasteiger partial charge in [0.2, 0.25) is 10.0 Å². The minimum atomic E-state index is -3.63. The number of sulfonamides is 1. The maximum absolute atomic E-state index is 12.2. The summed E-state index contributed by atoms with van der Waals surface area (Å²) in [5.74, 6) is 0. The Kier molecular flexibility index (Phi) is 3.37. The smallest absolute Gasteiger partial charge is 0.207 e. The highest BCUT2D eigenvalue weighted by Crippen LogP contribution is 2.33. The molecule has 18 heavy (non-hydrogen) atoms. The minimum absolute atomic E-state index is 0.0243. The molecule has 1 aliphatic carbocycles. The van der Waals surface area contributed by atoms with Crippen LogP contribution in [-0.2, 0) is 10.0 Å². The van der Waals surface area contributed by atoms with Gasteiger partial charge in [-0.05, 0) is 44.4 Å². The van der Waals surface area contributed by atoms with Crippen molar-refractivity contribution in [3.63, 3.8) is 0 Å². The van der Waals surface area contributed by atoms with Gasteiger partial charge in [0, 0.05) is 5.54 Å². The van der Waals surface area contributed by atoms with Crippen LogP contribution in [0, 0.1) is 11.3 Å². The number of nitrogens with zero attached hydrogens (tertiary/aromatic N) is 1. The van der Waals surface area contributed by atoms with E-state index in [1.165, 1.54) is 18.2 Å². The molecule has 1 N–H and O–H groups in total. The quantitative estimate of drug-likeness (QED) is 0.927. The lowest BCUT2D eigenvalue weighted by Crippen LogP contribution is -2.50. The number of nitrogens with one attached hydrogen (secondary N) is 1. The van der Waals surface area contributed by atoms with E-state index in [-0.39, 0.29) is 15.5 Å². The maximum atomic E-state index is 12.2. The second-order valence-corrected chi connectivity index (χ2v) is 6.83. The number of hydrogen-bond donors (Lipinski definition) is 1. The summed E-state index contributed by atoms with van der Waals surface area (Å²) in [5.41, 5.74) is -0.0235. The number of hydrogen-bond acceptors (Lipinski definition) is 3. The minimum Gasteiger partial charge on any atom is -0.207 e. The molecule has 1 saturated carbocycles. The van der Waals surface area contributed by atoms with Gasteiger partial charge in [-0.2, -0.15) is 5.26 Å². The average Bonchev–Trinajstić information content (AvgIpc) is 2.25. The fraction of sp³-hybridized carbons (Fsp3) is 0.417. The third kappa shape index (κ3) is 2.51. The van der Waals surface area contributed by atoms with Gasteiger partial charge < -0.3 is 0 Å². The summed E-state index contributed by atoms with van der Waals surface area (Å²) in [5, 5.41) is 8.79. The Bertz CT molecular complexity index is 615. The average molecular weight is 285 g/mol. The Labute approximate surface area is 112 Å². The summed E-state index contributed by atoms with van der Waals surface area (Å²) < 4.78 is 27.0. The van der Waals surface area contributed by atoms with Crippen LogP contribution in [0.2, 0.25) is 5.02 Å². The summed E-state index contributed by atoms with van der Waals surface area (Å²) in [4.78, 5) is 0.0243. The van der Waals surface area contributed by atoms with Crippen molar-refractivity contribution < 1.29 is 8.42 Å². The molecule has 0 radical (unpaired) electrons. The molecule has 1 aliphatic rings. The Morgan fingerprint density at radius 1 is 1.44 bits per heavy atom. The Morgan fingerprint density at radius 3 is 2.56 bits per heavy atom. The lowest BCUT2D eigenvalue weighted by atomic mass is 9.80. The molecule has 0 amide bonds. The van der Waals surface area contributed by atoms with E-state index in [2.05, 4.69) is 4.72 Å². The highest BCUT2D eigenvalue weighted by atomic mass is 35.5. The first-order chi connectivity index (χ1) is 8.36. The van der Waals surface area contributed by atoms with Crippen molar-refractivity contribution in [1.82, 2.24) is 4.72 Å². The molecule has 1 fully saturated rings. The monoisotopic (exact) mass is 284 g/mol. The van der Waals surface area contributed by atoms with Crippen molar-refractivity contribution in [2.24, 2.45) is 0 Å². The van der Waals surface area contributed by atoms with Gasteiger partial charge >= 0.3 is 0 Å². The van der Waals surface area contributed by atoms with Crippen molar-refractivity contribution in [3.8, 4) is 6.07 Å². The standard InChI is InChI=1S/C12H13ClN2O2S/c1-12(5-2-6-12)15-18(16,17)11-4-3-9(8-14)7-10(11)13/h3-4,7,15H,2,5-6H2,1H3. The van der Waals surface area contributed by atoms with Gasteiger partial charge in [0.25, 0.3) is 0 Å². The molecule has 0 heterocycles. The molecule has 2 rings (SSSR count). The van der Waals surface area contributed by atoms with Gasteiger partial charge in [0.1, 0.15) is 4.90 Å². The van der Waals surface area contributed by atoms with E-state index in [0.717, 1.165) is 19.3 Å². The van der Waals surface area contributed by atoms with Crippen LogP contribution in [0.15, 0.2) is 23.1 Å². The number of nitriles is 1. The van der Waals surface area contributed by atoms with Crippen molar-refractivity contribution >= 4 is 21.6 Å². The molecule has 6 heteroatoms. The third-order valence-corrected chi connectivity index (χ3v) is 5.31. The van der Waals surface area contributed by atoms with Gasteiger partial charge in [0.05, 0.1) is 16.7 Å². The fourth-order valence-corrected chi connectivity index (χ4v) is 3.99. The molecule has 0 bridgehead atoms. The zero-order valence-corrected chi connectivity index (χ0v) is 11.5. The van der Waals surface area contributed by atoms with E-state index in [4.69, 9.17) is 16.9 Å². The van der Waals surface area contributed by atoms with E-state index in [9.17, 15) is 8.42 Å². The molecule has 4 nitrogen and oxygen atoms in total. The predicted octanol–water partition coefficient (Wildman–Crippen LogP) is 2.43. The summed E-state index contributed by atoms with van der Waals surface area (Å²) in [6, 6.07) is 6.09. The van der Waals surface area contributed by atoms with Crippen LogP contribution in [0.5, 0.6) is 0 Å². The van der Waals surface area contributed by atoms with E-state index in [0.29, 0.717) is 5.56 Å². The first-order valence-electron chi connectivity index (χ1n) is 5.60. The van der Waals surface area contributed by atoms with E-state index >= 15 is 0 Å². The normalized spacial score (nSPS) is 17.8. The molecule has 96 valence electrons. The first-order valence-corrected chi connectivity index (χ1v) is 7.46. The molecular formula is C12H13ClN2O2S.